The van der Waals surface area contributed by atoms with Crippen LogP contribution in [0, 0.1) is 0 Å². The fraction of sp³-hybridized carbons (Fsp3) is 0.125. The Morgan fingerprint density at radius 3 is 2.82 bits per heavy atom. The lowest BCUT2D eigenvalue weighted by Crippen LogP contribution is -1.79. The SMILES string of the molecule is OCC=Cc1ccc(O)cn1. The van der Waals surface area contributed by atoms with Crippen LogP contribution in [0.15, 0.2) is 24.4 Å². The second-order valence-electron chi connectivity index (χ2n) is 2.03. The molecule has 0 radical (unpaired) electrons. The summed E-state index contributed by atoms with van der Waals surface area (Å²) in [6.07, 6.45) is 4.62. The third kappa shape index (κ3) is 2.39. The van der Waals surface area contributed by atoms with Crippen LogP contribution in [0.4, 0.5) is 0 Å². The van der Waals surface area contributed by atoms with Gasteiger partial charge in [0.1, 0.15) is 5.75 Å². The zero-order valence-corrected chi connectivity index (χ0v) is 5.94. The maximum absolute atomic E-state index is 8.85. The number of hydrogen-bond donors (Lipinski definition) is 2. The number of hydrogen-bond acceptors (Lipinski definition) is 3. The van der Waals surface area contributed by atoms with E-state index in [2.05, 4.69) is 4.98 Å². The van der Waals surface area contributed by atoms with Gasteiger partial charge in [0.25, 0.3) is 0 Å². The molecule has 58 valence electrons. The normalized spacial score (nSPS) is 10.6. The molecule has 0 bridgehead atoms. The predicted molar refractivity (Wildman–Crippen MR) is 42.0 cm³/mol. The van der Waals surface area contributed by atoms with Gasteiger partial charge in [0, 0.05) is 0 Å². The quantitative estimate of drug-likeness (QED) is 0.657. The van der Waals surface area contributed by atoms with Gasteiger partial charge in [-0.2, -0.15) is 0 Å². The van der Waals surface area contributed by atoms with Gasteiger partial charge in [-0.3, -0.25) is 4.98 Å². The molecule has 11 heavy (non-hydrogen) atoms. The third-order valence-corrected chi connectivity index (χ3v) is 1.16. The van der Waals surface area contributed by atoms with E-state index in [4.69, 9.17) is 10.2 Å². The van der Waals surface area contributed by atoms with Gasteiger partial charge in [-0.25, -0.2) is 0 Å². The van der Waals surface area contributed by atoms with Gasteiger partial charge in [-0.1, -0.05) is 6.08 Å². The fourth-order valence-corrected chi connectivity index (χ4v) is 0.670. The minimum Gasteiger partial charge on any atom is -0.506 e. The van der Waals surface area contributed by atoms with Crippen LogP contribution in [0.25, 0.3) is 6.08 Å². The number of pyridine rings is 1. The molecule has 0 aromatic carbocycles. The molecule has 0 spiro atoms. The molecular formula is C8H9NO2. The molecule has 2 N–H and O–H groups in total. The van der Waals surface area contributed by atoms with Crippen LogP contribution in [-0.2, 0) is 0 Å². The summed E-state index contributed by atoms with van der Waals surface area (Å²) in [4.78, 5) is 3.87. The highest BCUT2D eigenvalue weighted by Crippen LogP contribution is 2.06. The Kier molecular flexibility index (Phi) is 2.63. The van der Waals surface area contributed by atoms with E-state index in [9.17, 15) is 0 Å². The highest BCUT2D eigenvalue weighted by Gasteiger charge is 1.87. The second-order valence-corrected chi connectivity index (χ2v) is 2.03. The molecule has 0 aliphatic carbocycles. The molecule has 3 nitrogen and oxygen atoms in total. The molecule has 0 saturated heterocycles. The molecule has 0 aliphatic heterocycles. The zero-order chi connectivity index (χ0) is 8.10. The van der Waals surface area contributed by atoms with Crippen molar-refractivity contribution in [2.75, 3.05) is 6.61 Å². The van der Waals surface area contributed by atoms with E-state index in [1.165, 1.54) is 6.20 Å². The summed E-state index contributed by atoms with van der Waals surface area (Å²) in [5.74, 6) is 0.145. The van der Waals surface area contributed by atoms with Crippen LogP contribution in [0.2, 0.25) is 0 Å². The van der Waals surface area contributed by atoms with Gasteiger partial charge in [-0.15, -0.1) is 0 Å². The van der Waals surface area contributed by atoms with Crippen molar-refractivity contribution in [3.63, 3.8) is 0 Å². The Morgan fingerprint density at radius 1 is 1.45 bits per heavy atom. The Bertz CT molecular complexity index is 241. The van der Waals surface area contributed by atoms with Crippen LogP contribution in [0.5, 0.6) is 5.75 Å². The summed E-state index contributed by atoms with van der Waals surface area (Å²) in [5, 5.41) is 17.3. The van der Waals surface area contributed by atoms with Gasteiger partial charge in [-0.05, 0) is 18.2 Å². The van der Waals surface area contributed by atoms with E-state index in [1.807, 2.05) is 0 Å². The van der Waals surface area contributed by atoms with Gasteiger partial charge >= 0.3 is 0 Å². The number of rotatable bonds is 2. The lowest BCUT2D eigenvalue weighted by Gasteiger charge is -1.91. The minimum absolute atomic E-state index is 0.00254. The van der Waals surface area contributed by atoms with E-state index < -0.39 is 0 Å². The Labute approximate surface area is 64.6 Å². The highest BCUT2D eigenvalue weighted by atomic mass is 16.3. The number of aliphatic hydroxyl groups excluding tert-OH is 1. The van der Waals surface area contributed by atoms with Crippen molar-refractivity contribution >= 4 is 6.08 Å². The van der Waals surface area contributed by atoms with Crippen molar-refractivity contribution in [3.05, 3.63) is 30.1 Å². The molecule has 1 heterocycles. The van der Waals surface area contributed by atoms with Crippen molar-refractivity contribution in [2.24, 2.45) is 0 Å². The van der Waals surface area contributed by atoms with Crippen molar-refractivity contribution in [1.29, 1.82) is 0 Å². The molecule has 0 amide bonds. The Balaban J connectivity index is 2.73. The average molecular weight is 151 g/mol. The van der Waals surface area contributed by atoms with Crippen molar-refractivity contribution in [2.45, 2.75) is 0 Å². The second kappa shape index (κ2) is 3.73. The number of aliphatic hydroxyl groups is 1. The maximum atomic E-state index is 8.85. The molecule has 0 aliphatic rings. The first-order valence-electron chi connectivity index (χ1n) is 3.25. The third-order valence-electron chi connectivity index (χ3n) is 1.16. The summed E-state index contributed by atoms with van der Waals surface area (Å²) in [5.41, 5.74) is 0.719. The molecule has 1 rings (SSSR count). The molecule has 0 saturated carbocycles. The average Bonchev–Trinajstić information content (AvgIpc) is 2.04. The summed E-state index contributed by atoms with van der Waals surface area (Å²) in [6.45, 7) is 0.00254. The lowest BCUT2D eigenvalue weighted by molar-refractivity contribution is 0.343. The lowest BCUT2D eigenvalue weighted by atomic mass is 10.3. The minimum atomic E-state index is 0.00254. The van der Waals surface area contributed by atoms with Crippen LogP contribution in [-0.4, -0.2) is 21.8 Å². The summed E-state index contributed by atoms with van der Waals surface area (Å²) < 4.78 is 0. The zero-order valence-electron chi connectivity index (χ0n) is 5.94. The largest absolute Gasteiger partial charge is 0.506 e. The molecular weight excluding hydrogens is 142 g/mol. The summed E-state index contributed by atoms with van der Waals surface area (Å²) in [6, 6.07) is 3.21. The van der Waals surface area contributed by atoms with Gasteiger partial charge in [0.15, 0.2) is 0 Å². The van der Waals surface area contributed by atoms with Crippen LogP contribution in [0.3, 0.4) is 0 Å². The maximum Gasteiger partial charge on any atom is 0.133 e. The summed E-state index contributed by atoms with van der Waals surface area (Å²) in [7, 11) is 0. The van der Waals surface area contributed by atoms with Crippen molar-refractivity contribution in [1.82, 2.24) is 4.98 Å². The monoisotopic (exact) mass is 151 g/mol. The van der Waals surface area contributed by atoms with E-state index >= 15 is 0 Å². The van der Waals surface area contributed by atoms with E-state index in [0.29, 0.717) is 0 Å². The van der Waals surface area contributed by atoms with Crippen LogP contribution in [0.1, 0.15) is 5.69 Å². The smallest absolute Gasteiger partial charge is 0.133 e. The first-order chi connectivity index (χ1) is 5.33. The van der Waals surface area contributed by atoms with Gasteiger partial charge in [0.05, 0.1) is 18.5 Å². The predicted octanol–water partition coefficient (Wildman–Crippen LogP) is 0.793. The molecule has 0 unspecified atom stereocenters. The van der Waals surface area contributed by atoms with E-state index in [0.717, 1.165) is 5.69 Å². The Morgan fingerprint density at radius 2 is 2.27 bits per heavy atom. The van der Waals surface area contributed by atoms with Crippen LogP contribution < -0.4 is 0 Å². The topological polar surface area (TPSA) is 53.4 Å². The van der Waals surface area contributed by atoms with Gasteiger partial charge < -0.3 is 10.2 Å². The first-order valence-corrected chi connectivity index (χ1v) is 3.25. The molecule has 0 fully saturated rings. The van der Waals surface area contributed by atoms with Crippen molar-refractivity contribution < 1.29 is 10.2 Å². The molecule has 3 heteroatoms. The first kappa shape index (κ1) is 7.75. The van der Waals surface area contributed by atoms with E-state index in [-0.39, 0.29) is 12.4 Å². The fourth-order valence-electron chi connectivity index (χ4n) is 0.670. The molecule has 0 atom stereocenters. The van der Waals surface area contributed by atoms with Crippen molar-refractivity contribution in [3.8, 4) is 5.75 Å². The number of nitrogens with zero attached hydrogens (tertiary/aromatic N) is 1. The van der Waals surface area contributed by atoms with Gasteiger partial charge in [0.2, 0.25) is 0 Å². The number of aromatic hydroxyl groups is 1. The molecule has 1 aromatic rings. The van der Waals surface area contributed by atoms with E-state index in [1.54, 1.807) is 24.3 Å². The highest BCUT2D eigenvalue weighted by molar-refractivity contribution is 5.44. The summed E-state index contributed by atoms with van der Waals surface area (Å²) >= 11 is 0. The standard InChI is InChI=1S/C8H9NO2/c10-5-1-2-7-3-4-8(11)6-9-7/h1-4,6,10-11H,5H2. The van der Waals surface area contributed by atoms with Crippen LogP contribution >= 0.6 is 0 Å². The molecule has 1 aromatic heterocycles. The number of aromatic nitrogens is 1. The Hall–Kier alpha value is -1.35.